The number of rotatable bonds is 4. The van der Waals surface area contributed by atoms with E-state index < -0.39 is 0 Å². The molecule has 1 saturated heterocycles. The fraction of sp³-hybridized carbons (Fsp3) is 0.529. The van der Waals surface area contributed by atoms with Gasteiger partial charge in [0.15, 0.2) is 0 Å². The Bertz CT molecular complexity index is 616. The molecule has 24 heavy (non-hydrogen) atoms. The number of amides is 2. The molecule has 0 saturated carbocycles. The molecule has 1 heterocycles. The highest BCUT2D eigenvalue weighted by Crippen LogP contribution is 2.29. The molecule has 0 radical (unpaired) electrons. The largest absolute Gasteiger partial charge is 0.339 e. The summed E-state index contributed by atoms with van der Waals surface area (Å²) < 4.78 is 0. The van der Waals surface area contributed by atoms with Gasteiger partial charge in [-0.1, -0.05) is 29.3 Å². The van der Waals surface area contributed by atoms with Gasteiger partial charge in [0.2, 0.25) is 11.8 Å². The maximum Gasteiger partial charge on any atom is 0.236 e. The quantitative estimate of drug-likeness (QED) is 0.816. The minimum Gasteiger partial charge on any atom is -0.339 e. The Morgan fingerprint density at radius 1 is 1.17 bits per heavy atom. The molecule has 132 valence electrons. The van der Waals surface area contributed by atoms with Crippen molar-refractivity contribution in [3.63, 3.8) is 0 Å². The summed E-state index contributed by atoms with van der Waals surface area (Å²) in [6, 6.07) is 5.40. The van der Waals surface area contributed by atoms with Gasteiger partial charge in [0, 0.05) is 49.2 Å². The first-order valence-corrected chi connectivity index (χ1v) is 8.73. The molecule has 7 heteroatoms. The Morgan fingerprint density at radius 2 is 1.75 bits per heavy atom. The maximum atomic E-state index is 12.5. The van der Waals surface area contributed by atoms with Crippen LogP contribution in [0.15, 0.2) is 18.2 Å². The van der Waals surface area contributed by atoms with Crippen molar-refractivity contribution in [2.24, 2.45) is 0 Å². The second-order valence-corrected chi connectivity index (χ2v) is 6.99. The van der Waals surface area contributed by atoms with Gasteiger partial charge in [-0.2, -0.15) is 0 Å². The predicted molar refractivity (Wildman–Crippen MR) is 96.3 cm³/mol. The minimum absolute atomic E-state index is 0.00257. The molecule has 1 fully saturated rings. The molecule has 1 aromatic rings. The number of hydrogen-bond donors (Lipinski definition) is 0. The molecule has 5 nitrogen and oxygen atoms in total. The number of benzene rings is 1. The number of halogens is 2. The minimum atomic E-state index is -0.00257. The number of nitrogens with zero attached hydrogens (tertiary/aromatic N) is 3. The normalized spacial score (nSPS) is 16.4. The highest BCUT2D eigenvalue weighted by atomic mass is 35.5. The molecule has 0 N–H and O–H groups in total. The third-order valence-corrected chi connectivity index (χ3v) is 5.10. The van der Waals surface area contributed by atoms with E-state index in [-0.39, 0.29) is 17.9 Å². The fourth-order valence-corrected chi connectivity index (χ4v) is 3.37. The molecule has 2 rings (SSSR count). The third-order valence-electron chi connectivity index (χ3n) is 4.54. The molecule has 1 aliphatic rings. The Kier molecular flexibility index (Phi) is 6.49. The summed E-state index contributed by atoms with van der Waals surface area (Å²) in [5.74, 6) is 0.128. The molecule has 0 bridgehead atoms. The van der Waals surface area contributed by atoms with Gasteiger partial charge < -0.3 is 9.80 Å². The van der Waals surface area contributed by atoms with Gasteiger partial charge in [0.25, 0.3) is 0 Å². The summed E-state index contributed by atoms with van der Waals surface area (Å²) >= 11 is 12.2. The van der Waals surface area contributed by atoms with E-state index in [9.17, 15) is 9.59 Å². The highest BCUT2D eigenvalue weighted by molar-refractivity contribution is 6.35. The molecule has 0 aliphatic carbocycles. The van der Waals surface area contributed by atoms with Crippen molar-refractivity contribution in [1.82, 2.24) is 14.7 Å². The van der Waals surface area contributed by atoms with Crippen LogP contribution in [0.4, 0.5) is 0 Å². The van der Waals surface area contributed by atoms with Crippen LogP contribution in [0.1, 0.15) is 25.5 Å². The summed E-state index contributed by atoms with van der Waals surface area (Å²) in [5.41, 5.74) is 0.942. The van der Waals surface area contributed by atoms with E-state index in [1.165, 1.54) is 0 Å². The second kappa shape index (κ2) is 8.19. The van der Waals surface area contributed by atoms with Crippen molar-refractivity contribution < 1.29 is 9.59 Å². The maximum absolute atomic E-state index is 12.5. The van der Waals surface area contributed by atoms with Crippen LogP contribution in [0.3, 0.4) is 0 Å². The molecule has 1 unspecified atom stereocenters. The van der Waals surface area contributed by atoms with Crippen LogP contribution in [-0.2, 0) is 9.59 Å². The lowest BCUT2D eigenvalue weighted by molar-refractivity contribution is -0.139. The number of piperazine rings is 1. The number of carbonyl (C=O) groups excluding carboxylic acids is 2. The van der Waals surface area contributed by atoms with Crippen molar-refractivity contribution in [2.75, 3.05) is 39.8 Å². The topological polar surface area (TPSA) is 43.9 Å². The van der Waals surface area contributed by atoms with Crippen molar-refractivity contribution in [1.29, 1.82) is 0 Å². The summed E-state index contributed by atoms with van der Waals surface area (Å²) in [6.07, 6.45) is 0. The van der Waals surface area contributed by atoms with E-state index in [0.717, 1.165) is 5.56 Å². The third kappa shape index (κ3) is 4.62. The van der Waals surface area contributed by atoms with Crippen LogP contribution in [0, 0.1) is 0 Å². The van der Waals surface area contributed by atoms with E-state index in [1.54, 1.807) is 24.0 Å². The zero-order valence-electron chi connectivity index (χ0n) is 14.3. The molecule has 1 aliphatic heterocycles. The van der Waals surface area contributed by atoms with Gasteiger partial charge in [-0.3, -0.25) is 14.5 Å². The van der Waals surface area contributed by atoms with Gasteiger partial charge in [0.05, 0.1) is 6.54 Å². The Labute approximate surface area is 153 Å². The lowest BCUT2D eigenvalue weighted by atomic mass is 10.1. The van der Waals surface area contributed by atoms with Crippen LogP contribution in [-0.4, -0.2) is 66.3 Å². The van der Waals surface area contributed by atoms with E-state index in [0.29, 0.717) is 42.8 Å². The molecule has 0 spiro atoms. The summed E-state index contributed by atoms with van der Waals surface area (Å²) in [7, 11) is 1.90. The molecule has 2 amide bonds. The second-order valence-electron chi connectivity index (χ2n) is 6.14. The van der Waals surface area contributed by atoms with Crippen molar-refractivity contribution in [3.8, 4) is 0 Å². The van der Waals surface area contributed by atoms with Crippen LogP contribution < -0.4 is 0 Å². The average molecular weight is 372 g/mol. The molecular weight excluding hydrogens is 349 g/mol. The van der Waals surface area contributed by atoms with Gasteiger partial charge in [0.1, 0.15) is 0 Å². The predicted octanol–water partition coefficient (Wildman–Crippen LogP) is 2.68. The first-order chi connectivity index (χ1) is 11.3. The first-order valence-electron chi connectivity index (χ1n) is 7.98. The van der Waals surface area contributed by atoms with Crippen LogP contribution in [0.25, 0.3) is 0 Å². The molecular formula is C17H23Cl2N3O2. The zero-order chi connectivity index (χ0) is 17.9. The lowest BCUT2D eigenvalue weighted by Crippen LogP contribution is -2.52. The molecule has 1 atom stereocenters. The summed E-state index contributed by atoms with van der Waals surface area (Å²) in [4.78, 5) is 29.4. The molecule has 1 aromatic carbocycles. The average Bonchev–Trinajstić information content (AvgIpc) is 2.54. The van der Waals surface area contributed by atoms with Crippen LogP contribution >= 0.6 is 23.2 Å². The van der Waals surface area contributed by atoms with E-state index in [4.69, 9.17) is 23.2 Å². The SMILES string of the molecule is CC(=O)N1CCN(C(=O)CN(C)C(C)c2ccc(Cl)cc2Cl)CC1. The number of likely N-dealkylation sites (N-methyl/N-ethyl adjacent to an activating group) is 1. The van der Waals surface area contributed by atoms with Gasteiger partial charge in [-0.15, -0.1) is 0 Å². The highest BCUT2D eigenvalue weighted by Gasteiger charge is 2.24. The van der Waals surface area contributed by atoms with Gasteiger partial charge in [-0.25, -0.2) is 0 Å². The van der Waals surface area contributed by atoms with E-state index >= 15 is 0 Å². The van der Waals surface area contributed by atoms with E-state index in [1.807, 2.05) is 29.8 Å². The fourth-order valence-electron chi connectivity index (χ4n) is 2.80. The van der Waals surface area contributed by atoms with Crippen LogP contribution in [0.2, 0.25) is 10.0 Å². The smallest absolute Gasteiger partial charge is 0.236 e. The summed E-state index contributed by atoms with van der Waals surface area (Å²) in [5, 5.41) is 1.20. The number of carbonyl (C=O) groups is 2. The Hall–Kier alpha value is -1.30. The standard InChI is InChI=1S/C17H23Cl2N3O2/c1-12(15-5-4-14(18)10-16(15)19)20(3)11-17(24)22-8-6-21(7-9-22)13(2)23/h4-5,10,12H,6-9,11H2,1-3H3. The Morgan fingerprint density at radius 3 is 2.29 bits per heavy atom. The van der Waals surface area contributed by atoms with Crippen molar-refractivity contribution >= 4 is 35.0 Å². The van der Waals surface area contributed by atoms with Gasteiger partial charge in [-0.05, 0) is 31.7 Å². The van der Waals surface area contributed by atoms with Crippen molar-refractivity contribution in [3.05, 3.63) is 33.8 Å². The zero-order valence-corrected chi connectivity index (χ0v) is 15.8. The van der Waals surface area contributed by atoms with E-state index in [2.05, 4.69) is 0 Å². The molecule has 0 aromatic heterocycles. The van der Waals surface area contributed by atoms with Crippen molar-refractivity contribution in [2.45, 2.75) is 19.9 Å². The lowest BCUT2D eigenvalue weighted by Gasteiger charge is -2.35. The monoisotopic (exact) mass is 371 g/mol. The summed E-state index contributed by atoms with van der Waals surface area (Å²) in [6.45, 7) is 6.25. The number of hydrogen-bond acceptors (Lipinski definition) is 3. The Balaban J connectivity index is 1.92. The first kappa shape index (κ1) is 19.0. The van der Waals surface area contributed by atoms with Crippen LogP contribution in [0.5, 0.6) is 0 Å². The van der Waals surface area contributed by atoms with Gasteiger partial charge >= 0.3 is 0 Å².